The minimum atomic E-state index is -1.38. The number of aliphatic hydroxyl groups is 4. The molecule has 0 bridgehead atoms. The Labute approximate surface area is 167 Å². The SMILES string of the molecule is CC[C@H]1OC(OC(C)=O)C(OC(C)=O)[C@H]1OC(C)=O.OC[C@H]1OC(O)C(O)[C@H]1O. The zero-order valence-electron chi connectivity index (χ0n) is 16.6. The van der Waals surface area contributed by atoms with Crippen LogP contribution in [0.3, 0.4) is 0 Å². The summed E-state index contributed by atoms with van der Waals surface area (Å²) in [6.45, 7) is 5.09. The van der Waals surface area contributed by atoms with Crippen LogP contribution < -0.4 is 0 Å². The average Bonchev–Trinajstić information content (AvgIpc) is 3.06. The third-order valence-electron chi connectivity index (χ3n) is 4.07. The lowest BCUT2D eigenvalue weighted by molar-refractivity contribution is -0.195. The van der Waals surface area contributed by atoms with Crippen LogP contribution in [0, 0.1) is 0 Å². The summed E-state index contributed by atoms with van der Waals surface area (Å²) in [5.41, 5.74) is 0. The predicted molar refractivity (Wildman–Crippen MR) is 91.8 cm³/mol. The summed E-state index contributed by atoms with van der Waals surface area (Å²) >= 11 is 0. The van der Waals surface area contributed by atoms with Gasteiger partial charge >= 0.3 is 17.9 Å². The summed E-state index contributed by atoms with van der Waals surface area (Å²) < 4.78 is 25.1. The van der Waals surface area contributed by atoms with Crippen LogP contribution in [0.2, 0.25) is 0 Å². The Balaban J connectivity index is 0.000000352. The van der Waals surface area contributed by atoms with Crippen molar-refractivity contribution in [3.8, 4) is 0 Å². The highest BCUT2D eigenvalue weighted by molar-refractivity contribution is 5.68. The Kier molecular flexibility index (Phi) is 9.89. The maximum absolute atomic E-state index is 11.1. The Morgan fingerprint density at radius 3 is 1.66 bits per heavy atom. The van der Waals surface area contributed by atoms with Gasteiger partial charge in [0, 0.05) is 20.8 Å². The van der Waals surface area contributed by atoms with Gasteiger partial charge in [-0.3, -0.25) is 14.4 Å². The molecule has 168 valence electrons. The second-order valence-electron chi connectivity index (χ2n) is 6.44. The van der Waals surface area contributed by atoms with Gasteiger partial charge in [0.2, 0.25) is 12.4 Å². The molecule has 0 spiro atoms. The van der Waals surface area contributed by atoms with Crippen molar-refractivity contribution in [3.63, 3.8) is 0 Å². The van der Waals surface area contributed by atoms with Crippen molar-refractivity contribution >= 4 is 17.9 Å². The van der Waals surface area contributed by atoms with E-state index in [-0.39, 0.29) is 0 Å². The highest BCUT2D eigenvalue weighted by Gasteiger charge is 2.50. The van der Waals surface area contributed by atoms with Crippen molar-refractivity contribution in [3.05, 3.63) is 0 Å². The third-order valence-corrected chi connectivity index (χ3v) is 4.07. The van der Waals surface area contributed by atoms with Crippen molar-refractivity contribution in [2.75, 3.05) is 6.61 Å². The van der Waals surface area contributed by atoms with E-state index in [1.807, 2.05) is 6.92 Å². The summed E-state index contributed by atoms with van der Waals surface area (Å²) in [5.74, 6) is -1.66. The molecule has 29 heavy (non-hydrogen) atoms. The van der Waals surface area contributed by atoms with Crippen LogP contribution in [0.4, 0.5) is 0 Å². The molecule has 0 radical (unpaired) electrons. The van der Waals surface area contributed by atoms with E-state index in [9.17, 15) is 14.4 Å². The molecule has 0 saturated carbocycles. The minimum absolute atomic E-state index is 0.407. The van der Waals surface area contributed by atoms with Crippen LogP contribution in [-0.4, -0.2) is 94.1 Å². The van der Waals surface area contributed by atoms with Crippen molar-refractivity contribution in [2.24, 2.45) is 0 Å². The molecule has 2 heterocycles. The fourth-order valence-corrected chi connectivity index (χ4v) is 2.81. The first-order valence-corrected chi connectivity index (χ1v) is 8.99. The Bertz CT molecular complexity index is 567. The second kappa shape index (κ2) is 11.4. The highest BCUT2D eigenvalue weighted by Crippen LogP contribution is 2.29. The van der Waals surface area contributed by atoms with Gasteiger partial charge in [0.1, 0.15) is 24.4 Å². The normalized spacial score (nSPS) is 36.0. The van der Waals surface area contributed by atoms with Crippen molar-refractivity contribution in [1.29, 1.82) is 0 Å². The molecule has 4 N–H and O–H groups in total. The first kappa shape index (κ1) is 25.2. The van der Waals surface area contributed by atoms with E-state index in [2.05, 4.69) is 4.74 Å². The summed E-state index contributed by atoms with van der Waals surface area (Å²) in [6.07, 6.45) is -7.51. The third kappa shape index (κ3) is 7.17. The monoisotopic (exact) mass is 424 g/mol. The molecular weight excluding hydrogens is 396 g/mol. The molecule has 12 nitrogen and oxygen atoms in total. The van der Waals surface area contributed by atoms with Gasteiger partial charge in [0.25, 0.3) is 0 Å². The molecule has 2 saturated heterocycles. The van der Waals surface area contributed by atoms with Crippen LogP contribution in [0.25, 0.3) is 0 Å². The van der Waals surface area contributed by atoms with Crippen molar-refractivity contribution < 1.29 is 58.5 Å². The van der Waals surface area contributed by atoms with Gasteiger partial charge in [-0.25, -0.2) is 0 Å². The topological polar surface area (TPSA) is 178 Å². The van der Waals surface area contributed by atoms with E-state index < -0.39 is 73.7 Å². The number of hydrogen-bond acceptors (Lipinski definition) is 12. The van der Waals surface area contributed by atoms with Crippen molar-refractivity contribution in [2.45, 2.75) is 83.3 Å². The van der Waals surface area contributed by atoms with E-state index >= 15 is 0 Å². The number of carbonyl (C=O) groups excluding carboxylic acids is 3. The molecule has 8 atom stereocenters. The Hall–Kier alpha value is -1.83. The lowest BCUT2D eigenvalue weighted by atomic mass is 10.1. The number of esters is 3. The molecule has 4 unspecified atom stereocenters. The number of rotatable bonds is 5. The first-order valence-electron chi connectivity index (χ1n) is 8.99. The maximum Gasteiger partial charge on any atom is 0.305 e. The Morgan fingerprint density at radius 1 is 0.793 bits per heavy atom. The van der Waals surface area contributed by atoms with E-state index in [0.717, 1.165) is 0 Å². The van der Waals surface area contributed by atoms with Gasteiger partial charge in [0.05, 0.1) is 6.61 Å². The van der Waals surface area contributed by atoms with Gasteiger partial charge in [0.15, 0.2) is 12.4 Å². The van der Waals surface area contributed by atoms with Crippen LogP contribution in [-0.2, 0) is 38.1 Å². The van der Waals surface area contributed by atoms with Crippen LogP contribution in [0.1, 0.15) is 34.1 Å². The Morgan fingerprint density at radius 2 is 1.31 bits per heavy atom. The maximum atomic E-state index is 11.1. The van der Waals surface area contributed by atoms with Gasteiger partial charge in [-0.15, -0.1) is 0 Å². The molecule has 0 amide bonds. The lowest BCUT2D eigenvalue weighted by Gasteiger charge is -2.22. The molecule has 0 aromatic heterocycles. The lowest BCUT2D eigenvalue weighted by Crippen LogP contribution is -2.40. The van der Waals surface area contributed by atoms with Crippen molar-refractivity contribution in [1.82, 2.24) is 0 Å². The predicted octanol–water partition coefficient (Wildman–Crippen LogP) is -2.03. The van der Waals surface area contributed by atoms with E-state index in [0.29, 0.717) is 6.42 Å². The molecule has 0 aromatic carbocycles. The first-order chi connectivity index (χ1) is 13.5. The van der Waals surface area contributed by atoms with Gasteiger partial charge in [-0.2, -0.15) is 0 Å². The van der Waals surface area contributed by atoms with Crippen LogP contribution in [0.15, 0.2) is 0 Å². The minimum Gasteiger partial charge on any atom is -0.456 e. The largest absolute Gasteiger partial charge is 0.456 e. The van der Waals surface area contributed by atoms with E-state index in [4.69, 9.17) is 39.4 Å². The number of carbonyl (C=O) groups is 3. The van der Waals surface area contributed by atoms with Gasteiger partial charge in [-0.1, -0.05) is 6.92 Å². The average molecular weight is 424 g/mol. The number of hydrogen-bond donors (Lipinski definition) is 4. The van der Waals surface area contributed by atoms with Gasteiger partial charge < -0.3 is 44.1 Å². The second-order valence-corrected chi connectivity index (χ2v) is 6.44. The number of aliphatic hydroxyl groups excluding tert-OH is 4. The number of ether oxygens (including phenoxy) is 5. The van der Waals surface area contributed by atoms with Gasteiger partial charge in [-0.05, 0) is 6.42 Å². The molecule has 2 rings (SSSR count). The fraction of sp³-hybridized carbons (Fsp3) is 0.824. The van der Waals surface area contributed by atoms with Crippen LogP contribution >= 0.6 is 0 Å². The summed E-state index contributed by atoms with van der Waals surface area (Å²) in [6, 6.07) is 0. The smallest absolute Gasteiger partial charge is 0.305 e. The molecule has 0 aliphatic carbocycles. The molecule has 0 aromatic rings. The van der Waals surface area contributed by atoms with E-state index in [1.54, 1.807) is 0 Å². The summed E-state index contributed by atoms with van der Waals surface area (Å²) in [5, 5.41) is 35.0. The van der Waals surface area contributed by atoms with E-state index in [1.165, 1.54) is 20.8 Å². The molecule has 2 aliphatic heterocycles. The standard InChI is InChI=1S/C12H18O7.C5H10O5/c1-5-9-10(16-6(2)13)11(17-7(3)14)12(19-9)18-8(4)15;6-1-2-3(7)4(8)5(9)10-2/h9-12H,5H2,1-4H3;2-9H,1H2/t9-,10+,11?,12?;2-,3+,4?,5?/m11/s1. The fourth-order valence-electron chi connectivity index (χ4n) is 2.81. The zero-order valence-corrected chi connectivity index (χ0v) is 16.6. The molecule has 2 aliphatic rings. The highest BCUT2D eigenvalue weighted by atomic mass is 16.7. The quantitative estimate of drug-likeness (QED) is 0.281. The molecular formula is C17H28O12. The zero-order chi connectivity index (χ0) is 22.3. The molecule has 2 fully saturated rings. The summed E-state index contributed by atoms with van der Waals surface area (Å²) in [4.78, 5) is 33.2. The van der Waals surface area contributed by atoms with Crippen LogP contribution in [0.5, 0.6) is 0 Å². The molecule has 12 heteroatoms. The summed E-state index contributed by atoms with van der Waals surface area (Å²) in [7, 11) is 0.